The number of rotatable bonds is 14. The van der Waals surface area contributed by atoms with Crippen molar-refractivity contribution in [1.82, 2.24) is 19.7 Å². The summed E-state index contributed by atoms with van der Waals surface area (Å²) in [7, 11) is 2.35. The van der Waals surface area contributed by atoms with Crippen molar-refractivity contribution in [3.63, 3.8) is 0 Å². The van der Waals surface area contributed by atoms with Crippen LogP contribution >= 0.6 is 22.7 Å². The highest BCUT2D eigenvalue weighted by Gasteiger charge is 2.22. The third-order valence-electron chi connectivity index (χ3n) is 6.49. The Morgan fingerprint density at radius 1 is 1.14 bits per heavy atom. The minimum Gasteiger partial charge on any atom is -0.461 e. The highest BCUT2D eigenvalue weighted by Crippen LogP contribution is 2.32. The number of aromatic nitrogens is 4. The zero-order chi connectivity index (χ0) is 30.3. The van der Waals surface area contributed by atoms with E-state index in [9.17, 15) is 4.79 Å². The molecule has 0 spiro atoms. The molecule has 3 aromatic heterocycles. The number of fused-ring (bicyclic) bond motifs is 1. The lowest BCUT2D eigenvalue weighted by Crippen LogP contribution is -2.23. The minimum absolute atomic E-state index is 0.291. The number of aryl methyl sites for hydroxylation is 2. The lowest BCUT2D eigenvalue weighted by atomic mass is 10.2. The average molecular weight is 629 g/mol. The van der Waals surface area contributed by atoms with Gasteiger partial charge in [0.1, 0.15) is 6.73 Å². The molecule has 0 aliphatic rings. The number of methoxy groups -OCH3 is 1. The molecule has 0 radical (unpaired) electrons. The molecule has 13 heteroatoms. The fraction of sp³-hybridized carbons (Fsp3) is 0.483. The SMILES string of the molecule is CCOC(=O)c1nc(N(C)c2cc(C)c(/N=c3\sc4ccccc4n3COCC[Si](C)(C)C)nn2)sc1CCCOC. The van der Waals surface area contributed by atoms with Crippen molar-refractivity contribution >= 4 is 63.7 Å². The van der Waals surface area contributed by atoms with E-state index >= 15 is 0 Å². The maximum absolute atomic E-state index is 12.6. The number of nitrogens with zero attached hydrogens (tertiary/aromatic N) is 6. The molecule has 0 amide bonds. The van der Waals surface area contributed by atoms with Crippen LogP contribution in [0.15, 0.2) is 35.3 Å². The molecule has 0 N–H and O–H groups in total. The van der Waals surface area contributed by atoms with Gasteiger partial charge >= 0.3 is 5.97 Å². The molecule has 0 aliphatic heterocycles. The lowest BCUT2D eigenvalue weighted by molar-refractivity contribution is 0.0519. The van der Waals surface area contributed by atoms with Crippen LogP contribution in [0.1, 0.15) is 34.3 Å². The molecule has 0 atom stereocenters. The van der Waals surface area contributed by atoms with Crippen LogP contribution in [-0.4, -0.2) is 67.8 Å². The molecule has 226 valence electrons. The molecular weight excluding hydrogens is 589 g/mol. The maximum Gasteiger partial charge on any atom is 0.358 e. The Morgan fingerprint density at radius 2 is 1.93 bits per heavy atom. The van der Waals surface area contributed by atoms with Gasteiger partial charge in [-0.3, -0.25) is 4.57 Å². The van der Waals surface area contributed by atoms with E-state index in [0.29, 0.717) is 48.8 Å². The Hall–Kier alpha value is -2.97. The van der Waals surface area contributed by atoms with Crippen molar-refractivity contribution in [1.29, 1.82) is 0 Å². The molecule has 0 saturated carbocycles. The highest BCUT2D eigenvalue weighted by molar-refractivity contribution is 7.16. The number of esters is 1. The average Bonchev–Trinajstić information content (AvgIpc) is 3.53. The van der Waals surface area contributed by atoms with E-state index in [1.807, 2.05) is 37.1 Å². The Balaban J connectivity index is 1.61. The quantitative estimate of drug-likeness (QED) is 0.0907. The second-order valence-electron chi connectivity index (χ2n) is 11.1. The summed E-state index contributed by atoms with van der Waals surface area (Å²) >= 11 is 3.05. The van der Waals surface area contributed by atoms with Crippen molar-refractivity contribution in [2.24, 2.45) is 4.99 Å². The second kappa shape index (κ2) is 14.5. The van der Waals surface area contributed by atoms with Gasteiger partial charge in [-0.15, -0.1) is 21.5 Å². The Bertz CT molecular complexity index is 1580. The summed E-state index contributed by atoms with van der Waals surface area (Å²) in [5, 5.41) is 9.60. The van der Waals surface area contributed by atoms with Crippen LogP contribution < -0.4 is 9.70 Å². The predicted octanol–water partition coefficient (Wildman–Crippen LogP) is 6.33. The number of carbonyl (C=O) groups excluding carboxylic acids is 1. The number of ether oxygens (including phenoxy) is 3. The number of benzene rings is 1. The van der Waals surface area contributed by atoms with Gasteiger partial charge in [0, 0.05) is 40.3 Å². The highest BCUT2D eigenvalue weighted by atomic mass is 32.1. The van der Waals surface area contributed by atoms with Crippen molar-refractivity contribution < 1.29 is 19.0 Å². The number of carbonyl (C=O) groups is 1. The third-order valence-corrected chi connectivity index (χ3v) is 10.4. The Labute approximate surface area is 256 Å². The van der Waals surface area contributed by atoms with Crippen molar-refractivity contribution in [3.8, 4) is 0 Å². The maximum atomic E-state index is 12.6. The number of hydrogen-bond donors (Lipinski definition) is 0. The standard InChI is InChI=1S/C29H40N6O4S2Si/c1-8-39-27(36)25-23(14-11-15-37-4)41-28(30-25)34(3)24-18-20(2)26(33-32-24)31-29-35(19-38-16-17-42(5,6)7)21-12-9-10-13-22(21)40-29/h9-10,12-13,18H,8,11,14-17,19H2,1-7H3/b31-29-. The van der Waals surface area contributed by atoms with Gasteiger partial charge in [0.25, 0.3) is 0 Å². The van der Waals surface area contributed by atoms with E-state index in [0.717, 1.165) is 44.5 Å². The third kappa shape index (κ3) is 8.10. The van der Waals surface area contributed by atoms with Crippen LogP contribution in [0.25, 0.3) is 10.2 Å². The first-order valence-corrected chi connectivity index (χ1v) is 19.4. The lowest BCUT2D eigenvalue weighted by Gasteiger charge is -2.16. The molecule has 1 aromatic carbocycles. The molecule has 10 nitrogen and oxygen atoms in total. The van der Waals surface area contributed by atoms with E-state index < -0.39 is 14.0 Å². The van der Waals surface area contributed by atoms with Gasteiger partial charge in [-0.1, -0.05) is 43.1 Å². The summed E-state index contributed by atoms with van der Waals surface area (Å²) in [6.07, 6.45) is 1.46. The summed E-state index contributed by atoms with van der Waals surface area (Å²) in [5.74, 6) is 0.734. The molecule has 0 unspecified atom stereocenters. The van der Waals surface area contributed by atoms with Gasteiger partial charge in [-0.25, -0.2) is 9.78 Å². The van der Waals surface area contributed by atoms with Gasteiger partial charge in [0.05, 0.1) is 16.8 Å². The molecule has 42 heavy (non-hydrogen) atoms. The van der Waals surface area contributed by atoms with Gasteiger partial charge in [0.2, 0.25) is 0 Å². The van der Waals surface area contributed by atoms with Gasteiger partial charge in [-0.2, -0.15) is 4.99 Å². The fourth-order valence-corrected chi connectivity index (χ4v) is 6.92. The summed E-state index contributed by atoms with van der Waals surface area (Å²) in [5.41, 5.74) is 2.30. The van der Waals surface area contributed by atoms with Crippen LogP contribution in [-0.2, 0) is 27.4 Å². The van der Waals surface area contributed by atoms with Crippen LogP contribution in [0.5, 0.6) is 0 Å². The summed E-state index contributed by atoms with van der Waals surface area (Å²) < 4.78 is 19.8. The summed E-state index contributed by atoms with van der Waals surface area (Å²) in [6.45, 7) is 12.9. The van der Waals surface area contributed by atoms with Crippen molar-refractivity contribution in [2.75, 3.05) is 38.9 Å². The molecule has 4 aromatic rings. The van der Waals surface area contributed by atoms with Crippen LogP contribution in [0.3, 0.4) is 0 Å². The first-order chi connectivity index (χ1) is 20.1. The van der Waals surface area contributed by atoms with Gasteiger partial charge in [-0.05, 0) is 56.5 Å². The van der Waals surface area contributed by atoms with E-state index in [-0.39, 0.29) is 0 Å². The van der Waals surface area contributed by atoms with Crippen molar-refractivity contribution in [3.05, 3.63) is 51.3 Å². The second-order valence-corrected chi connectivity index (χ2v) is 18.8. The van der Waals surface area contributed by atoms with E-state index in [1.54, 1.807) is 25.4 Å². The number of thiazole rings is 2. The van der Waals surface area contributed by atoms with Gasteiger partial charge < -0.3 is 19.1 Å². The molecule has 0 aliphatic carbocycles. The first-order valence-electron chi connectivity index (χ1n) is 14.1. The largest absolute Gasteiger partial charge is 0.461 e. The Morgan fingerprint density at radius 3 is 2.64 bits per heavy atom. The zero-order valence-electron chi connectivity index (χ0n) is 25.5. The molecular formula is C29H40N6O4S2Si. The topological polar surface area (TPSA) is 104 Å². The normalized spacial score (nSPS) is 12.3. The summed E-state index contributed by atoms with van der Waals surface area (Å²) in [4.78, 5) is 25.6. The fourth-order valence-electron chi connectivity index (χ4n) is 4.08. The first kappa shape index (κ1) is 32.0. The molecule has 0 fully saturated rings. The number of anilines is 2. The molecule has 0 bridgehead atoms. The van der Waals surface area contributed by atoms with Crippen molar-refractivity contribution in [2.45, 2.75) is 59.1 Å². The number of hydrogen-bond acceptors (Lipinski definition) is 11. The Kier molecular flexibility index (Phi) is 11.0. The summed E-state index contributed by atoms with van der Waals surface area (Å²) in [6, 6.07) is 11.3. The van der Waals surface area contributed by atoms with Crippen LogP contribution in [0, 0.1) is 6.92 Å². The zero-order valence-corrected chi connectivity index (χ0v) is 28.1. The van der Waals surface area contributed by atoms with Crippen LogP contribution in [0.2, 0.25) is 25.7 Å². The van der Waals surface area contributed by atoms with Gasteiger partial charge in [0.15, 0.2) is 27.3 Å². The van der Waals surface area contributed by atoms with Crippen LogP contribution in [0.4, 0.5) is 16.8 Å². The predicted molar refractivity (Wildman–Crippen MR) is 172 cm³/mol. The number of para-hydroxylation sites is 1. The van der Waals surface area contributed by atoms with E-state index in [1.165, 1.54) is 11.3 Å². The molecule has 0 saturated heterocycles. The smallest absolute Gasteiger partial charge is 0.358 e. The molecule has 4 rings (SSSR count). The minimum atomic E-state index is -1.18. The monoisotopic (exact) mass is 628 g/mol. The van der Waals surface area contributed by atoms with E-state index in [4.69, 9.17) is 19.2 Å². The molecule has 3 heterocycles. The van der Waals surface area contributed by atoms with E-state index in [2.05, 4.69) is 51.5 Å².